The van der Waals surface area contributed by atoms with Gasteiger partial charge in [0.1, 0.15) is 12.1 Å². The van der Waals surface area contributed by atoms with Crippen LogP contribution in [0.1, 0.15) is 19.8 Å². The highest BCUT2D eigenvalue weighted by atomic mass is 32.2. The van der Waals surface area contributed by atoms with Gasteiger partial charge in [0.05, 0.1) is 10.8 Å². The number of Topliss-reactive ketones (excluding diaryl/α,β-unsaturated/α-hetero) is 1. The second-order valence-electron chi connectivity index (χ2n) is 2.62. The Morgan fingerprint density at radius 3 is 3.08 bits per heavy atom. The Balaban J connectivity index is 2.31. The molecule has 0 amide bonds. The Morgan fingerprint density at radius 1 is 1.62 bits per heavy atom. The van der Waals surface area contributed by atoms with E-state index in [2.05, 4.69) is 9.97 Å². The number of ketones is 1. The minimum atomic E-state index is 0.283. The van der Waals surface area contributed by atoms with Gasteiger partial charge in [-0.25, -0.2) is 9.97 Å². The zero-order chi connectivity index (χ0) is 9.52. The third kappa shape index (κ3) is 4.03. The van der Waals surface area contributed by atoms with Crippen molar-refractivity contribution in [3.63, 3.8) is 0 Å². The molecule has 0 N–H and O–H groups in total. The first kappa shape index (κ1) is 10.2. The van der Waals surface area contributed by atoms with Crippen molar-refractivity contribution in [1.82, 2.24) is 9.97 Å². The number of aromatic nitrogens is 2. The fourth-order valence-electron chi connectivity index (χ4n) is 0.869. The molecule has 1 rings (SSSR count). The van der Waals surface area contributed by atoms with Crippen LogP contribution in [0, 0.1) is 0 Å². The standard InChI is InChI=1S/C9H12N2OS/c1-2-3-8(12)6-13-9-4-5-10-7-11-9/h4-5,7H,2-3,6H2,1H3. The molecule has 0 aliphatic carbocycles. The highest BCUT2D eigenvalue weighted by molar-refractivity contribution is 7.99. The molecule has 1 aromatic heterocycles. The molecule has 0 saturated heterocycles. The molecule has 1 aromatic rings. The largest absolute Gasteiger partial charge is 0.299 e. The lowest BCUT2D eigenvalue weighted by Crippen LogP contribution is -2.00. The lowest BCUT2D eigenvalue weighted by atomic mass is 10.3. The quantitative estimate of drug-likeness (QED) is 0.533. The van der Waals surface area contributed by atoms with Crippen molar-refractivity contribution in [3.05, 3.63) is 18.6 Å². The topological polar surface area (TPSA) is 42.9 Å². The first-order chi connectivity index (χ1) is 6.33. The number of rotatable bonds is 5. The molecule has 0 spiro atoms. The molecule has 0 unspecified atom stereocenters. The normalized spacial score (nSPS) is 9.92. The zero-order valence-electron chi connectivity index (χ0n) is 7.56. The van der Waals surface area contributed by atoms with Gasteiger partial charge in [0.15, 0.2) is 0 Å². The number of hydrogen-bond acceptors (Lipinski definition) is 4. The number of carbonyl (C=O) groups is 1. The van der Waals surface area contributed by atoms with Gasteiger partial charge in [-0.2, -0.15) is 0 Å². The summed E-state index contributed by atoms with van der Waals surface area (Å²) in [7, 11) is 0. The molecule has 1 heterocycles. The van der Waals surface area contributed by atoms with Gasteiger partial charge in [0, 0.05) is 12.6 Å². The van der Waals surface area contributed by atoms with Crippen LogP contribution in [0.2, 0.25) is 0 Å². The van der Waals surface area contributed by atoms with Crippen molar-refractivity contribution in [2.75, 3.05) is 5.75 Å². The summed E-state index contributed by atoms with van der Waals surface area (Å²) in [6.45, 7) is 2.01. The number of hydrogen-bond donors (Lipinski definition) is 0. The summed E-state index contributed by atoms with van der Waals surface area (Å²) in [5.74, 6) is 0.802. The van der Waals surface area contributed by atoms with E-state index in [0.717, 1.165) is 11.4 Å². The molecule has 3 nitrogen and oxygen atoms in total. The molecule has 0 aliphatic rings. The van der Waals surface area contributed by atoms with E-state index in [1.165, 1.54) is 18.1 Å². The van der Waals surface area contributed by atoms with Crippen LogP contribution in [0.3, 0.4) is 0 Å². The van der Waals surface area contributed by atoms with Crippen LogP contribution in [0.25, 0.3) is 0 Å². The van der Waals surface area contributed by atoms with E-state index in [4.69, 9.17) is 0 Å². The average molecular weight is 196 g/mol. The van der Waals surface area contributed by atoms with Gasteiger partial charge in [0.25, 0.3) is 0 Å². The molecule has 4 heteroatoms. The second kappa shape index (κ2) is 5.70. The molecule has 13 heavy (non-hydrogen) atoms. The van der Waals surface area contributed by atoms with Crippen molar-refractivity contribution in [3.8, 4) is 0 Å². The van der Waals surface area contributed by atoms with Crippen LogP contribution < -0.4 is 0 Å². The van der Waals surface area contributed by atoms with Crippen LogP contribution in [-0.2, 0) is 4.79 Å². The van der Waals surface area contributed by atoms with Gasteiger partial charge in [-0.15, -0.1) is 0 Å². The SMILES string of the molecule is CCCC(=O)CSc1ccncn1. The highest BCUT2D eigenvalue weighted by Crippen LogP contribution is 2.13. The molecule has 0 bridgehead atoms. The fourth-order valence-corrected chi connectivity index (χ4v) is 1.60. The molecule has 0 aromatic carbocycles. The molecule has 0 saturated carbocycles. The average Bonchev–Trinajstić information content (AvgIpc) is 2.17. The smallest absolute Gasteiger partial charge is 0.143 e. The zero-order valence-corrected chi connectivity index (χ0v) is 8.38. The van der Waals surface area contributed by atoms with Crippen molar-refractivity contribution in [2.24, 2.45) is 0 Å². The van der Waals surface area contributed by atoms with Gasteiger partial charge in [-0.05, 0) is 12.5 Å². The van der Waals surface area contributed by atoms with Crippen LogP contribution in [0.4, 0.5) is 0 Å². The maximum absolute atomic E-state index is 11.2. The summed E-state index contributed by atoms with van der Waals surface area (Å²) in [5, 5.41) is 0.861. The fraction of sp³-hybridized carbons (Fsp3) is 0.444. The number of thioether (sulfide) groups is 1. The van der Waals surface area contributed by atoms with Crippen molar-refractivity contribution >= 4 is 17.5 Å². The van der Waals surface area contributed by atoms with Gasteiger partial charge in [0.2, 0.25) is 0 Å². The van der Waals surface area contributed by atoms with Crippen molar-refractivity contribution in [1.29, 1.82) is 0 Å². The maximum Gasteiger partial charge on any atom is 0.143 e. The first-order valence-corrected chi connectivity index (χ1v) is 5.22. The summed E-state index contributed by atoms with van der Waals surface area (Å²) in [6, 6.07) is 1.81. The van der Waals surface area contributed by atoms with E-state index in [0.29, 0.717) is 12.2 Å². The lowest BCUT2D eigenvalue weighted by Gasteiger charge is -1.97. The number of nitrogens with zero attached hydrogens (tertiary/aromatic N) is 2. The molecule has 0 fully saturated rings. The first-order valence-electron chi connectivity index (χ1n) is 4.23. The minimum absolute atomic E-state index is 0.283. The monoisotopic (exact) mass is 196 g/mol. The Morgan fingerprint density at radius 2 is 2.46 bits per heavy atom. The predicted octanol–water partition coefficient (Wildman–Crippen LogP) is 1.94. The van der Waals surface area contributed by atoms with Gasteiger partial charge in [-0.3, -0.25) is 4.79 Å². The summed E-state index contributed by atoms with van der Waals surface area (Å²) < 4.78 is 0. The van der Waals surface area contributed by atoms with Crippen molar-refractivity contribution < 1.29 is 4.79 Å². The third-order valence-corrected chi connectivity index (χ3v) is 2.47. The van der Waals surface area contributed by atoms with Gasteiger partial charge in [-0.1, -0.05) is 18.7 Å². The molecular formula is C9H12N2OS. The van der Waals surface area contributed by atoms with Crippen LogP contribution >= 0.6 is 11.8 Å². The van der Waals surface area contributed by atoms with Crippen LogP contribution in [0.15, 0.2) is 23.6 Å². The maximum atomic E-state index is 11.2. The van der Waals surface area contributed by atoms with Gasteiger partial charge >= 0.3 is 0 Å². The summed E-state index contributed by atoms with van der Waals surface area (Å²) in [5.41, 5.74) is 0. The summed E-state index contributed by atoms with van der Waals surface area (Å²) in [6.07, 6.45) is 4.76. The Hall–Kier alpha value is -0.900. The highest BCUT2D eigenvalue weighted by Gasteiger charge is 2.01. The third-order valence-electron chi connectivity index (χ3n) is 1.46. The van der Waals surface area contributed by atoms with Gasteiger partial charge < -0.3 is 0 Å². The van der Waals surface area contributed by atoms with E-state index in [1.807, 2.05) is 13.0 Å². The van der Waals surface area contributed by atoms with E-state index in [1.54, 1.807) is 6.20 Å². The van der Waals surface area contributed by atoms with E-state index >= 15 is 0 Å². The molecular weight excluding hydrogens is 184 g/mol. The van der Waals surface area contributed by atoms with Crippen molar-refractivity contribution in [2.45, 2.75) is 24.8 Å². The lowest BCUT2D eigenvalue weighted by molar-refractivity contribution is -0.116. The molecule has 0 aliphatic heterocycles. The van der Waals surface area contributed by atoms with Crippen LogP contribution in [-0.4, -0.2) is 21.5 Å². The Kier molecular flexibility index (Phi) is 4.46. The number of carbonyl (C=O) groups excluding carboxylic acids is 1. The molecule has 0 radical (unpaired) electrons. The second-order valence-corrected chi connectivity index (χ2v) is 3.62. The van der Waals surface area contributed by atoms with E-state index in [-0.39, 0.29) is 5.78 Å². The molecule has 0 atom stereocenters. The Labute approximate surface area is 82.0 Å². The molecule has 70 valence electrons. The van der Waals surface area contributed by atoms with E-state index < -0.39 is 0 Å². The summed E-state index contributed by atoms with van der Waals surface area (Å²) >= 11 is 1.47. The van der Waals surface area contributed by atoms with E-state index in [9.17, 15) is 4.79 Å². The minimum Gasteiger partial charge on any atom is -0.299 e. The Bertz CT molecular complexity index is 264. The predicted molar refractivity (Wildman–Crippen MR) is 52.7 cm³/mol. The summed E-state index contributed by atoms with van der Waals surface area (Å²) in [4.78, 5) is 19.0. The van der Waals surface area contributed by atoms with Crippen LogP contribution in [0.5, 0.6) is 0 Å².